The van der Waals surface area contributed by atoms with Gasteiger partial charge in [0.05, 0.1) is 6.26 Å². The first-order chi connectivity index (χ1) is 23.6. The number of allylic oxidation sites excluding steroid dienone is 2. The topological polar surface area (TPSA) is 76.2 Å². The van der Waals surface area contributed by atoms with Crippen molar-refractivity contribution in [1.82, 2.24) is 9.97 Å². The van der Waals surface area contributed by atoms with Crippen LogP contribution in [0.1, 0.15) is 113 Å². The van der Waals surface area contributed by atoms with E-state index >= 15 is 0 Å². The van der Waals surface area contributed by atoms with E-state index in [4.69, 9.17) is 9.40 Å². The summed E-state index contributed by atoms with van der Waals surface area (Å²) in [7, 11) is 0. The molecule has 0 saturated heterocycles. The molecule has 0 bridgehead atoms. The number of aliphatic hydroxyl groups excluding tert-OH is 1. The van der Waals surface area contributed by atoms with Crippen molar-refractivity contribution in [1.29, 1.82) is 0 Å². The Bertz CT molecular complexity index is 1960. The predicted octanol–water partition coefficient (Wildman–Crippen LogP) is 12.7. The second-order valence-electron chi connectivity index (χ2n) is 15.7. The number of hydrogen-bond donors (Lipinski definition) is 1. The van der Waals surface area contributed by atoms with Gasteiger partial charge in [-0.05, 0) is 55.1 Å². The molecule has 3 aromatic heterocycles. The minimum absolute atomic E-state index is 0. The molecule has 5 aromatic rings. The summed E-state index contributed by atoms with van der Waals surface area (Å²) >= 11 is 0. The van der Waals surface area contributed by atoms with Crippen molar-refractivity contribution >= 4 is 27.5 Å². The Morgan fingerprint density at radius 2 is 1.53 bits per heavy atom. The van der Waals surface area contributed by atoms with Crippen LogP contribution in [0.25, 0.3) is 44.1 Å². The predicted molar refractivity (Wildman–Crippen MR) is 209 cm³/mol. The first-order valence-corrected chi connectivity index (χ1v) is 18.3. The normalized spacial score (nSPS) is 12.5. The first-order valence-electron chi connectivity index (χ1n) is 18.3. The summed E-state index contributed by atoms with van der Waals surface area (Å²) in [6.45, 7) is 23.2. The summed E-state index contributed by atoms with van der Waals surface area (Å²) in [5, 5.41) is 13.5. The Morgan fingerprint density at radius 3 is 2.14 bits per heavy atom. The van der Waals surface area contributed by atoms with Crippen LogP contribution in [0.3, 0.4) is 0 Å². The molecule has 275 valence electrons. The number of fused-ring (bicyclic) bond motifs is 2. The molecule has 0 atom stereocenters. The number of carbonyl (C=O) groups excluding carboxylic acids is 1. The molecule has 51 heavy (non-hydrogen) atoms. The fourth-order valence-electron chi connectivity index (χ4n) is 6.13. The van der Waals surface area contributed by atoms with Gasteiger partial charge in [-0.1, -0.05) is 111 Å². The van der Waals surface area contributed by atoms with Crippen molar-refractivity contribution < 1.29 is 34.4 Å². The number of hydrogen-bond acceptors (Lipinski definition) is 5. The van der Waals surface area contributed by atoms with Gasteiger partial charge in [-0.25, -0.2) is 0 Å². The Kier molecular flexibility index (Phi) is 14.2. The average Bonchev–Trinajstić information content (AvgIpc) is 3.53. The zero-order valence-electron chi connectivity index (χ0n) is 32.5. The van der Waals surface area contributed by atoms with Crippen LogP contribution in [0, 0.1) is 22.8 Å². The fraction of sp³-hybridized carbons (Fsp3) is 0.444. The maximum Gasteiger partial charge on any atom is 0.164 e. The minimum atomic E-state index is -0.337. The standard InChI is InChI=1S/C30H29N2O.C15H28O2.Ir/c1-19(2)12-23-16-29-25(17-32-23)26(18-33-29)21-10-11-31-28(15-21)22-13-20-8-6-7-9-24(20)27(14-22)30(3,4)5;1-7-14(5,8-2)12(16)11-13(17)15(6,9-3)10-4;/h6-11,14-19H,12H2,1-5H3;11,16H,7-10H2,1-6H3;/q-1;;/b;12-11-;. The second kappa shape index (κ2) is 17.3. The molecule has 5 rings (SSSR count). The smallest absolute Gasteiger partial charge is 0.164 e. The monoisotopic (exact) mass is 866 g/mol. The molecule has 0 amide bonds. The molecule has 0 aliphatic heterocycles. The molecule has 0 aliphatic rings. The van der Waals surface area contributed by atoms with Crippen LogP contribution < -0.4 is 0 Å². The number of nitrogens with zero attached hydrogens (tertiary/aromatic N) is 2. The third-order valence-corrected chi connectivity index (χ3v) is 10.7. The van der Waals surface area contributed by atoms with Crippen LogP contribution in [0.2, 0.25) is 0 Å². The summed E-state index contributed by atoms with van der Waals surface area (Å²) in [6, 6.07) is 20.5. The van der Waals surface area contributed by atoms with E-state index in [1.54, 1.807) is 0 Å². The average molecular weight is 866 g/mol. The molecular formula is C45H57IrN2O3-. The molecule has 1 radical (unpaired) electrons. The summed E-state index contributed by atoms with van der Waals surface area (Å²) < 4.78 is 5.92. The molecule has 6 heteroatoms. The van der Waals surface area contributed by atoms with E-state index < -0.39 is 0 Å². The van der Waals surface area contributed by atoms with Crippen molar-refractivity contribution in [3.8, 4) is 22.4 Å². The number of aromatic nitrogens is 2. The van der Waals surface area contributed by atoms with E-state index in [0.717, 1.165) is 76.5 Å². The van der Waals surface area contributed by atoms with Crippen molar-refractivity contribution in [3.63, 3.8) is 0 Å². The van der Waals surface area contributed by atoms with Crippen LogP contribution >= 0.6 is 0 Å². The van der Waals surface area contributed by atoms with E-state index in [9.17, 15) is 9.90 Å². The van der Waals surface area contributed by atoms with Crippen LogP contribution in [0.5, 0.6) is 0 Å². The van der Waals surface area contributed by atoms with Gasteiger partial charge in [-0.3, -0.25) is 14.8 Å². The van der Waals surface area contributed by atoms with Gasteiger partial charge in [0.25, 0.3) is 0 Å². The number of ketones is 1. The van der Waals surface area contributed by atoms with E-state index in [-0.39, 0.29) is 47.9 Å². The Labute approximate surface area is 319 Å². The molecule has 0 aliphatic carbocycles. The molecular weight excluding hydrogens is 809 g/mol. The van der Waals surface area contributed by atoms with Gasteiger partial charge in [0.1, 0.15) is 11.3 Å². The van der Waals surface area contributed by atoms with Gasteiger partial charge in [0.2, 0.25) is 0 Å². The third kappa shape index (κ3) is 9.64. The zero-order valence-corrected chi connectivity index (χ0v) is 34.9. The molecule has 0 unspecified atom stereocenters. The Morgan fingerprint density at radius 1 is 0.882 bits per heavy atom. The summed E-state index contributed by atoms with van der Waals surface area (Å²) in [6.07, 6.45) is 11.3. The molecule has 3 heterocycles. The van der Waals surface area contributed by atoms with Gasteiger partial charge in [0.15, 0.2) is 5.78 Å². The van der Waals surface area contributed by atoms with Crippen LogP contribution in [-0.2, 0) is 36.7 Å². The largest absolute Gasteiger partial charge is 0.512 e. The number of aliphatic hydroxyl groups is 1. The van der Waals surface area contributed by atoms with Gasteiger partial charge in [0, 0.05) is 77.8 Å². The van der Waals surface area contributed by atoms with Gasteiger partial charge in [-0.15, -0.1) is 29.1 Å². The van der Waals surface area contributed by atoms with E-state index in [1.165, 1.54) is 17.0 Å². The quantitative estimate of drug-likeness (QED) is 0.0813. The number of benzene rings is 2. The Hall–Kier alpha value is -3.60. The number of rotatable bonds is 11. The molecule has 2 aromatic carbocycles. The SMILES string of the molecule is CC(C)Cc1cc2occ(-c3ccnc(-c4[c-]c5ccccc5c(C(C)(C)C)c4)c3)c2cn1.CCC(C)(CC)C(=O)/C=C(\O)C(C)(CC)CC.[Ir]. The molecule has 0 fully saturated rings. The van der Waals surface area contributed by atoms with E-state index in [0.29, 0.717) is 5.92 Å². The first kappa shape index (κ1) is 41.8. The zero-order chi connectivity index (χ0) is 36.9. The van der Waals surface area contributed by atoms with Gasteiger partial charge < -0.3 is 9.52 Å². The maximum absolute atomic E-state index is 12.2. The van der Waals surface area contributed by atoms with E-state index in [1.807, 2.05) is 66.3 Å². The third-order valence-electron chi connectivity index (χ3n) is 10.7. The molecule has 0 spiro atoms. The van der Waals surface area contributed by atoms with Gasteiger partial charge in [-0.2, -0.15) is 0 Å². The molecule has 1 N–H and O–H groups in total. The van der Waals surface area contributed by atoms with Crippen molar-refractivity contribution in [3.05, 3.63) is 96.3 Å². The minimum Gasteiger partial charge on any atom is -0.512 e. The summed E-state index contributed by atoms with van der Waals surface area (Å²) in [5.41, 5.74) is 6.67. The van der Waals surface area contributed by atoms with E-state index in [2.05, 4.69) is 88.1 Å². The van der Waals surface area contributed by atoms with Crippen LogP contribution in [-0.4, -0.2) is 20.9 Å². The van der Waals surface area contributed by atoms with Crippen LogP contribution in [0.15, 0.2) is 83.4 Å². The molecule has 5 nitrogen and oxygen atoms in total. The number of furan rings is 1. The maximum atomic E-state index is 12.2. The van der Waals surface area contributed by atoms with Gasteiger partial charge >= 0.3 is 0 Å². The molecule has 0 saturated carbocycles. The number of pyridine rings is 2. The van der Waals surface area contributed by atoms with Crippen LogP contribution in [0.4, 0.5) is 0 Å². The second-order valence-corrected chi connectivity index (χ2v) is 15.7. The van der Waals surface area contributed by atoms with Crippen molar-refractivity contribution in [2.45, 2.75) is 114 Å². The van der Waals surface area contributed by atoms with Crippen molar-refractivity contribution in [2.75, 3.05) is 0 Å². The number of carbonyl (C=O) groups is 1. The summed E-state index contributed by atoms with van der Waals surface area (Å²) in [5.74, 6) is 0.845. The Balaban J connectivity index is 0.000000335. The van der Waals surface area contributed by atoms with Crippen molar-refractivity contribution in [2.24, 2.45) is 16.7 Å². The summed E-state index contributed by atoms with van der Waals surface area (Å²) in [4.78, 5) is 21.6. The fourth-order valence-corrected chi connectivity index (χ4v) is 6.13.